The summed E-state index contributed by atoms with van der Waals surface area (Å²) < 4.78 is 0. The van der Waals surface area contributed by atoms with Crippen LogP contribution in [0.15, 0.2) is 6.07 Å². The lowest BCUT2D eigenvalue weighted by Gasteiger charge is -1.82. The Morgan fingerprint density at radius 3 is 2.64 bits per heavy atom. The van der Waals surface area contributed by atoms with Crippen molar-refractivity contribution in [2.24, 2.45) is 0 Å². The predicted octanol–water partition coefficient (Wildman–Crippen LogP) is 0.810. The van der Waals surface area contributed by atoms with Crippen molar-refractivity contribution in [1.82, 2.24) is 4.98 Å². The lowest BCUT2D eigenvalue weighted by atomic mass is 10.3. The summed E-state index contributed by atoms with van der Waals surface area (Å²) in [4.78, 5) is 3.14. The second kappa shape index (κ2) is 2.82. The van der Waals surface area contributed by atoms with Gasteiger partial charge in [0, 0.05) is 16.3 Å². The molecule has 0 saturated carbocycles. The third-order valence-corrected chi connectivity index (χ3v) is 1.66. The van der Waals surface area contributed by atoms with E-state index in [2.05, 4.69) is 4.98 Å². The van der Waals surface area contributed by atoms with Crippen LogP contribution in [0.5, 0.6) is 0 Å². The average Bonchev–Trinajstić information content (AvgIpc) is 2.30. The molecule has 1 aromatic rings. The highest BCUT2D eigenvalue weighted by Crippen LogP contribution is 1.83. The molecule has 0 aliphatic heterocycles. The van der Waals surface area contributed by atoms with Crippen LogP contribution in [0.3, 0.4) is 0 Å². The van der Waals surface area contributed by atoms with Crippen molar-refractivity contribution in [3.8, 4) is 0 Å². The zero-order chi connectivity index (χ0) is 8.43. The lowest BCUT2D eigenvalue weighted by Crippen LogP contribution is -2.23. The van der Waals surface area contributed by atoms with Crippen LogP contribution >= 0.6 is 0 Å². The predicted molar refractivity (Wildman–Crippen MR) is 46.6 cm³/mol. The molecule has 1 rings (SSSR count). The van der Waals surface area contributed by atoms with Gasteiger partial charge in [-0.05, 0) is 26.8 Å². The summed E-state index contributed by atoms with van der Waals surface area (Å²) in [6.07, 6.45) is 1.95. The Bertz CT molecular complexity index is 355. The van der Waals surface area contributed by atoms with E-state index < -0.39 is 0 Å². The zero-order valence-electron chi connectivity index (χ0n) is 7.10. The molecule has 0 amide bonds. The first-order chi connectivity index (χ1) is 5.15. The number of aliphatic hydroxyl groups excluding tert-OH is 1. The number of aromatic nitrogens is 1. The molecule has 2 N–H and O–H groups in total. The first-order valence-electron chi connectivity index (χ1n) is 3.67. The number of nitrogens with one attached hydrogen (secondary N) is 1. The van der Waals surface area contributed by atoms with Crippen molar-refractivity contribution in [2.75, 3.05) is 0 Å². The van der Waals surface area contributed by atoms with E-state index in [1.807, 2.05) is 26.0 Å². The number of hydrogen-bond acceptors (Lipinski definition) is 1. The molecule has 1 aromatic heterocycles. The summed E-state index contributed by atoms with van der Waals surface area (Å²) in [6.45, 7) is 5.60. The maximum atomic E-state index is 9.23. The molecule has 2 heteroatoms. The molecule has 0 aliphatic rings. The Balaban J connectivity index is 3.63. The van der Waals surface area contributed by atoms with Crippen molar-refractivity contribution < 1.29 is 5.11 Å². The second-order valence-corrected chi connectivity index (χ2v) is 2.65. The first kappa shape index (κ1) is 7.92. The molecule has 0 spiro atoms. The molecule has 0 unspecified atom stereocenters. The molecule has 0 aliphatic carbocycles. The second-order valence-electron chi connectivity index (χ2n) is 2.65. The maximum absolute atomic E-state index is 9.23. The van der Waals surface area contributed by atoms with Gasteiger partial charge in [0.2, 0.25) is 0 Å². The molecular formula is C9H13NO. The fourth-order valence-electron chi connectivity index (χ4n) is 1.14. The molecule has 2 nitrogen and oxygen atoms in total. The average molecular weight is 151 g/mol. The van der Waals surface area contributed by atoms with E-state index in [0.29, 0.717) is 5.76 Å². The Morgan fingerprint density at radius 1 is 1.64 bits per heavy atom. The summed E-state index contributed by atoms with van der Waals surface area (Å²) in [5.74, 6) is 0.363. The summed E-state index contributed by atoms with van der Waals surface area (Å²) in [5, 5.41) is 11.1. The lowest BCUT2D eigenvalue weighted by molar-refractivity contribution is 0.498. The molecule has 0 atom stereocenters. The van der Waals surface area contributed by atoms with Crippen molar-refractivity contribution in [3.63, 3.8) is 0 Å². The molecule has 11 heavy (non-hydrogen) atoms. The number of hydrogen-bond donors (Lipinski definition) is 2. The van der Waals surface area contributed by atoms with Crippen LogP contribution in [0.2, 0.25) is 0 Å². The van der Waals surface area contributed by atoms with Crippen LogP contribution in [0.1, 0.15) is 19.5 Å². The third kappa shape index (κ3) is 1.45. The zero-order valence-corrected chi connectivity index (χ0v) is 7.10. The van der Waals surface area contributed by atoms with E-state index in [-0.39, 0.29) is 0 Å². The van der Waals surface area contributed by atoms with Crippen LogP contribution in [0, 0.1) is 6.92 Å². The third-order valence-electron chi connectivity index (χ3n) is 1.66. The molecule has 0 saturated heterocycles. The Morgan fingerprint density at radius 2 is 2.27 bits per heavy atom. The number of H-pyrrole nitrogens is 1. The van der Waals surface area contributed by atoms with E-state index in [9.17, 15) is 5.11 Å². The number of rotatable bonds is 0. The molecule has 0 radical (unpaired) electrons. The minimum atomic E-state index is 0.363. The minimum Gasteiger partial charge on any atom is -0.512 e. The van der Waals surface area contributed by atoms with Gasteiger partial charge in [0.25, 0.3) is 0 Å². The summed E-state index contributed by atoms with van der Waals surface area (Å²) >= 11 is 0. The number of aliphatic hydroxyl groups is 1. The highest BCUT2D eigenvalue weighted by Gasteiger charge is 1.92. The fourth-order valence-corrected chi connectivity index (χ4v) is 1.14. The van der Waals surface area contributed by atoms with E-state index in [1.54, 1.807) is 6.92 Å². The highest BCUT2D eigenvalue weighted by atomic mass is 16.3. The van der Waals surface area contributed by atoms with E-state index >= 15 is 0 Å². The smallest absolute Gasteiger partial charge is 0.0985 e. The maximum Gasteiger partial charge on any atom is 0.0985 e. The van der Waals surface area contributed by atoms with Crippen molar-refractivity contribution >= 4 is 11.8 Å². The SMILES string of the molecule is C/C=c1/[nH]c(C)c/c1=C(/C)O. The van der Waals surface area contributed by atoms with Gasteiger partial charge in [-0.1, -0.05) is 6.08 Å². The van der Waals surface area contributed by atoms with E-state index in [1.165, 1.54) is 0 Å². The van der Waals surface area contributed by atoms with Crippen LogP contribution in [-0.4, -0.2) is 10.1 Å². The molecule has 0 aromatic carbocycles. The Kier molecular flexibility index (Phi) is 2.03. The fraction of sp³-hybridized carbons (Fsp3) is 0.333. The first-order valence-corrected chi connectivity index (χ1v) is 3.67. The van der Waals surface area contributed by atoms with Gasteiger partial charge in [0.1, 0.15) is 0 Å². The molecule has 0 fully saturated rings. The molecule has 1 heterocycles. The van der Waals surface area contributed by atoms with E-state index in [4.69, 9.17) is 0 Å². The number of aromatic amines is 1. The Hall–Kier alpha value is -1.18. The van der Waals surface area contributed by atoms with Gasteiger partial charge in [0.05, 0.1) is 5.76 Å². The van der Waals surface area contributed by atoms with Gasteiger partial charge in [0.15, 0.2) is 0 Å². The highest BCUT2D eigenvalue weighted by molar-refractivity contribution is 5.34. The minimum absolute atomic E-state index is 0.363. The molecular weight excluding hydrogens is 138 g/mol. The van der Waals surface area contributed by atoms with E-state index in [0.717, 1.165) is 16.3 Å². The molecule has 0 bridgehead atoms. The van der Waals surface area contributed by atoms with Gasteiger partial charge in [-0.25, -0.2) is 0 Å². The normalized spacial score (nSPS) is 15.4. The summed E-state index contributed by atoms with van der Waals surface area (Å²) in [6, 6.07) is 1.94. The summed E-state index contributed by atoms with van der Waals surface area (Å²) in [7, 11) is 0. The van der Waals surface area contributed by atoms with Gasteiger partial charge in [-0.15, -0.1) is 0 Å². The van der Waals surface area contributed by atoms with Gasteiger partial charge < -0.3 is 10.1 Å². The Labute approximate surface area is 65.9 Å². The van der Waals surface area contributed by atoms with Crippen LogP contribution in [0.25, 0.3) is 11.8 Å². The van der Waals surface area contributed by atoms with Crippen molar-refractivity contribution in [1.29, 1.82) is 0 Å². The quantitative estimate of drug-likeness (QED) is 0.565. The monoisotopic (exact) mass is 151 g/mol. The summed E-state index contributed by atoms with van der Waals surface area (Å²) in [5.41, 5.74) is 1.07. The van der Waals surface area contributed by atoms with Crippen LogP contribution in [0.4, 0.5) is 0 Å². The van der Waals surface area contributed by atoms with Crippen LogP contribution < -0.4 is 10.6 Å². The molecule has 60 valence electrons. The van der Waals surface area contributed by atoms with Crippen molar-refractivity contribution in [3.05, 3.63) is 22.3 Å². The van der Waals surface area contributed by atoms with Crippen LogP contribution in [-0.2, 0) is 0 Å². The topological polar surface area (TPSA) is 36.0 Å². The van der Waals surface area contributed by atoms with Gasteiger partial charge >= 0.3 is 0 Å². The van der Waals surface area contributed by atoms with Gasteiger partial charge in [-0.3, -0.25) is 0 Å². The standard InChI is InChI=1S/C9H13NO/c1-4-9-8(7(3)11)5-6(2)10-9/h4-5,10-11H,1-3H3/b8-7+,9-4+. The largest absolute Gasteiger partial charge is 0.512 e. The van der Waals surface area contributed by atoms with Crippen molar-refractivity contribution in [2.45, 2.75) is 20.8 Å². The number of aryl methyl sites for hydroxylation is 1. The van der Waals surface area contributed by atoms with Gasteiger partial charge in [-0.2, -0.15) is 0 Å².